The molecule has 1 amide bonds. The van der Waals surface area contributed by atoms with Crippen molar-refractivity contribution in [1.82, 2.24) is 14.9 Å². The van der Waals surface area contributed by atoms with Gasteiger partial charge < -0.3 is 44.2 Å². The third kappa shape index (κ3) is 17.7. The number of nitrogens with zero attached hydrogens (tertiary/aromatic N) is 3. The SMILES string of the molecule is CC1(C)C2=C(C=[C+]c3cc(SOOO)ccc32)[N+](CCCCCC(=O)NCC#Cc2cn([C@H]3CC[C@@H](COP(O)(=S)OP(=O)(O)OP(=O)(O)O)O3)c(=O)[nH]c2=O)=C1C=CC=CC=C1N(CCCCCC(=O)O)c2ccc(S(=O)(=O)O)cc2C1(C)C. The quantitative estimate of drug-likeness (QED) is 0.00326. The molecule has 1 aromatic heterocycles. The van der Waals surface area contributed by atoms with Crippen LogP contribution in [0.2, 0.25) is 0 Å². The maximum atomic E-state index is 13.0. The van der Waals surface area contributed by atoms with Crippen molar-refractivity contribution in [1.29, 1.82) is 0 Å². The number of H-pyrrole nitrogens is 1. The second-order valence-electron chi connectivity index (χ2n) is 20.9. The molecule has 4 atom stereocenters. The Morgan fingerprint density at radius 3 is 2.44 bits per heavy atom. The summed E-state index contributed by atoms with van der Waals surface area (Å²) >= 11 is 5.48. The number of carboxylic acids is 1. The summed E-state index contributed by atoms with van der Waals surface area (Å²) in [4.78, 5) is 91.5. The molecule has 4 aliphatic rings. The molecule has 0 spiro atoms. The number of aromatic nitrogens is 2. The van der Waals surface area contributed by atoms with Crippen molar-refractivity contribution in [2.24, 2.45) is 5.41 Å². The number of hydrogen-bond donors (Lipinski definition) is 9. The van der Waals surface area contributed by atoms with Crippen LogP contribution in [-0.4, -0.2) is 107 Å². The number of unbranched alkanes of at least 4 members (excludes halogenated alkanes) is 4. The van der Waals surface area contributed by atoms with E-state index in [1.54, 1.807) is 6.07 Å². The molecule has 0 bridgehead atoms. The molecule has 1 aliphatic carbocycles. The van der Waals surface area contributed by atoms with Crippen molar-refractivity contribution in [3.8, 4) is 11.8 Å². The summed E-state index contributed by atoms with van der Waals surface area (Å²) in [6, 6.07) is 10.3. The van der Waals surface area contributed by atoms with Crippen LogP contribution in [0.3, 0.4) is 0 Å². The number of fused-ring (bicyclic) bond motifs is 3. The van der Waals surface area contributed by atoms with Crippen molar-refractivity contribution < 1.29 is 93.5 Å². The number of benzene rings is 2. The van der Waals surface area contributed by atoms with Gasteiger partial charge in [0.05, 0.1) is 46.7 Å². The topological polar surface area (TPSA) is 373 Å². The fourth-order valence-corrected chi connectivity index (χ4v) is 15.2. The van der Waals surface area contributed by atoms with Crippen LogP contribution in [0.4, 0.5) is 5.69 Å². The number of carbonyl (C=O) groups excluding carboxylic acids is 1. The van der Waals surface area contributed by atoms with Crippen molar-refractivity contribution in [2.75, 3.05) is 31.1 Å². The van der Waals surface area contributed by atoms with E-state index in [0.717, 1.165) is 61.7 Å². The lowest BCUT2D eigenvalue weighted by Crippen LogP contribution is -2.33. The van der Waals surface area contributed by atoms with E-state index in [9.17, 15) is 51.1 Å². The maximum Gasteiger partial charge on any atom is 0.488 e. The Morgan fingerprint density at radius 2 is 1.72 bits per heavy atom. The van der Waals surface area contributed by atoms with E-state index in [1.807, 2.05) is 62.4 Å². The maximum absolute atomic E-state index is 13.0. The summed E-state index contributed by atoms with van der Waals surface area (Å²) in [7, 11) is -15.5. The number of carbonyl (C=O) groups is 2. The first-order chi connectivity index (χ1) is 39.9. The van der Waals surface area contributed by atoms with Gasteiger partial charge in [-0.1, -0.05) is 55.4 Å². The van der Waals surface area contributed by atoms with Crippen LogP contribution >= 0.6 is 34.4 Å². The average molecular weight is 1300 g/mol. The van der Waals surface area contributed by atoms with E-state index in [4.69, 9.17) is 29.4 Å². The second-order valence-corrected chi connectivity index (χ2v) is 28.9. The van der Waals surface area contributed by atoms with Gasteiger partial charge in [0.2, 0.25) is 11.6 Å². The normalized spacial score (nSPS) is 19.8. The van der Waals surface area contributed by atoms with E-state index < -0.39 is 79.5 Å². The number of rotatable bonds is 28. The Labute approximate surface area is 498 Å². The van der Waals surface area contributed by atoms with E-state index in [0.29, 0.717) is 56.5 Å². The molecule has 0 radical (unpaired) electrons. The van der Waals surface area contributed by atoms with E-state index in [-0.39, 0.29) is 48.6 Å². The van der Waals surface area contributed by atoms with Gasteiger partial charge in [-0.2, -0.15) is 17.3 Å². The molecule has 2 unspecified atom stereocenters. The Balaban J connectivity index is 0.989. The zero-order valence-electron chi connectivity index (χ0n) is 46.3. The van der Waals surface area contributed by atoms with Crippen LogP contribution < -0.4 is 21.5 Å². The Kier molecular flexibility index (Phi) is 22.3. The molecular formula is C53H64N5O21P3S3+2. The predicted molar refractivity (Wildman–Crippen MR) is 313 cm³/mol. The zero-order chi connectivity index (χ0) is 62.1. The molecule has 1 fully saturated rings. The van der Waals surface area contributed by atoms with Gasteiger partial charge in [-0.3, -0.25) is 28.5 Å². The fraction of sp³-hybridized carbons (Fsp3) is 0.415. The second kappa shape index (κ2) is 28.2. The van der Waals surface area contributed by atoms with Crippen molar-refractivity contribution in [3.63, 3.8) is 0 Å². The first-order valence-corrected chi connectivity index (χ1v) is 34.2. The molecule has 2 aromatic carbocycles. The largest absolute Gasteiger partial charge is 0.488 e. The summed E-state index contributed by atoms with van der Waals surface area (Å²) in [6.45, 7) is 4.15. The molecule has 9 N–H and O–H groups in total. The van der Waals surface area contributed by atoms with Crippen LogP contribution in [0.1, 0.15) is 120 Å². The van der Waals surface area contributed by atoms with Crippen molar-refractivity contribution >= 4 is 85.2 Å². The van der Waals surface area contributed by atoms with Gasteiger partial charge in [-0.05, 0) is 106 Å². The predicted octanol–water partition coefficient (Wildman–Crippen LogP) is 7.44. The number of aliphatic carboxylic acids is 1. The van der Waals surface area contributed by atoms with Crippen LogP contribution in [0.25, 0.3) is 5.57 Å². The van der Waals surface area contributed by atoms with Crippen LogP contribution in [0, 0.1) is 23.3 Å². The summed E-state index contributed by atoms with van der Waals surface area (Å²) in [5.74, 6) is 4.24. The zero-order valence-corrected chi connectivity index (χ0v) is 51.4. The van der Waals surface area contributed by atoms with Crippen LogP contribution in [-0.2, 0) is 73.3 Å². The van der Waals surface area contributed by atoms with Gasteiger partial charge in [0, 0.05) is 67.0 Å². The smallest absolute Gasteiger partial charge is 0.481 e. The molecule has 32 heteroatoms. The number of ether oxygens (including phenoxy) is 1. The molecule has 85 heavy (non-hydrogen) atoms. The lowest BCUT2D eigenvalue weighted by molar-refractivity contribution is -0.469. The molecule has 3 aliphatic heterocycles. The van der Waals surface area contributed by atoms with Gasteiger partial charge in [0.15, 0.2) is 12.1 Å². The van der Waals surface area contributed by atoms with Crippen molar-refractivity contribution in [2.45, 2.75) is 119 Å². The number of amides is 1. The van der Waals surface area contributed by atoms with Crippen molar-refractivity contribution in [3.05, 3.63) is 140 Å². The number of phosphoric acid groups is 2. The third-order valence-electron chi connectivity index (χ3n) is 14.1. The molecule has 1 saturated heterocycles. The minimum absolute atomic E-state index is 0.0607. The Bertz CT molecular complexity index is 3720. The Morgan fingerprint density at radius 1 is 0.976 bits per heavy atom. The van der Waals surface area contributed by atoms with Crippen LogP contribution in [0.5, 0.6) is 0 Å². The fourth-order valence-electron chi connectivity index (χ4n) is 10.3. The lowest BCUT2D eigenvalue weighted by atomic mass is 9.75. The average Bonchev–Trinajstić information content (AvgIpc) is 3.62. The molecule has 3 aromatic rings. The molecule has 0 saturated carbocycles. The first-order valence-electron chi connectivity index (χ1n) is 26.4. The number of anilines is 1. The molecule has 458 valence electrons. The first kappa shape index (κ1) is 67.1. The summed E-state index contributed by atoms with van der Waals surface area (Å²) in [6.07, 6.45) is 19.0. The van der Waals surface area contributed by atoms with Gasteiger partial charge >= 0.3 is 34.0 Å². The van der Waals surface area contributed by atoms with Gasteiger partial charge in [0.1, 0.15) is 28.9 Å². The van der Waals surface area contributed by atoms with E-state index >= 15 is 0 Å². The monoisotopic (exact) mass is 1300 g/mol. The van der Waals surface area contributed by atoms with Gasteiger partial charge in [-0.25, -0.2) is 23.5 Å². The lowest BCUT2D eigenvalue weighted by Gasteiger charge is -2.27. The third-order valence-corrected chi connectivity index (χ3v) is 20.3. The molecule has 26 nitrogen and oxygen atoms in total. The molecule has 7 rings (SSSR count). The minimum Gasteiger partial charge on any atom is -0.481 e. The minimum atomic E-state index is -5.53. The number of aromatic amines is 1. The number of nitrogens with one attached hydrogen (secondary N) is 2. The summed E-state index contributed by atoms with van der Waals surface area (Å²) in [5.41, 5.74) is 4.28. The number of allylic oxidation sites excluding steroid dienone is 8. The molecular weight excluding hydrogens is 1230 g/mol. The highest BCUT2D eigenvalue weighted by Crippen LogP contribution is 2.66. The summed E-state index contributed by atoms with van der Waals surface area (Å²) in [5, 5.41) is 24.4. The highest BCUT2D eigenvalue weighted by molar-refractivity contribution is 8.08. The molecule has 4 heterocycles. The number of carboxylic acid groups (broad SMARTS) is 1. The van der Waals surface area contributed by atoms with Crippen LogP contribution in [0.15, 0.2) is 110 Å². The summed E-state index contributed by atoms with van der Waals surface area (Å²) < 4.78 is 83.7. The van der Waals surface area contributed by atoms with E-state index in [1.165, 1.54) is 18.3 Å². The number of hydrogen-bond acceptors (Lipinski definition) is 18. The highest BCUT2D eigenvalue weighted by atomic mass is 32.5. The Hall–Kier alpha value is -5.37. The van der Waals surface area contributed by atoms with Gasteiger partial charge in [-0.15, -0.1) is 4.33 Å². The highest BCUT2D eigenvalue weighted by Gasteiger charge is 2.52. The van der Waals surface area contributed by atoms with Gasteiger partial charge in [0.25, 0.3) is 21.4 Å². The van der Waals surface area contributed by atoms with E-state index in [2.05, 4.69) is 87.4 Å². The standard InChI is InChI=1S/C53H62N5O21P3S3/c1-52(2)41-32-39(85(71,72)73)23-26-42(41)56(29-13-7-11-19-48(60)61)44(52)16-8-5-9-17-45-53(3,4)49-40-24-22-38(84-77-76-64)31-35(40)20-25-43(49)57(45)30-12-6-10-18-46(59)54-28-14-15-36-33-58(51(63)55-50(36)62)47-27-21-37(75-47)34-74-82(70,83)79-81(68,69)78-80(65,66)67/h5,8-9,16-17,22-26,31-33,37,47H,6-7,10-13,18-19,21,27-30,34H2,1-4H3,(H7-2,54,55,59,60,61,62,63,64,65,66,67,68,69,70,71,72,73,83)/p+2/t37-,47+,82?/m0/s1.